The van der Waals surface area contributed by atoms with Gasteiger partial charge < -0.3 is 15.5 Å². The lowest BCUT2D eigenvalue weighted by atomic mass is 10.2. The molecule has 0 saturated heterocycles. The van der Waals surface area contributed by atoms with Crippen molar-refractivity contribution < 1.29 is 4.42 Å². The highest BCUT2D eigenvalue weighted by Gasteiger charge is 1.98. The highest BCUT2D eigenvalue weighted by atomic mass is 32.1. The molecule has 1 heterocycles. The molecule has 3 nitrogen and oxygen atoms in total. The lowest BCUT2D eigenvalue weighted by Gasteiger charge is -2.06. The topological polar surface area (TPSA) is 51.2 Å². The molecule has 2 rings (SSSR count). The minimum Gasteiger partial charge on any atom is -0.469 e. The van der Waals surface area contributed by atoms with Crippen molar-refractivity contribution >= 4 is 22.9 Å². The van der Waals surface area contributed by atoms with Gasteiger partial charge in [-0.05, 0) is 36.4 Å². The van der Waals surface area contributed by atoms with Crippen molar-refractivity contribution in [3.63, 3.8) is 0 Å². The molecule has 0 spiro atoms. The summed E-state index contributed by atoms with van der Waals surface area (Å²) in [6, 6.07) is 11.6. The van der Waals surface area contributed by atoms with E-state index in [0.717, 1.165) is 30.0 Å². The number of thiocarbonyl (C=S) groups is 1. The molecule has 2 aromatic rings. The number of anilines is 1. The van der Waals surface area contributed by atoms with Crippen LogP contribution >= 0.6 is 12.2 Å². The first-order valence-electron chi connectivity index (χ1n) is 5.42. The van der Waals surface area contributed by atoms with Crippen molar-refractivity contribution in [3.05, 3.63) is 54.0 Å². The number of hydrogen-bond donors (Lipinski definition) is 2. The van der Waals surface area contributed by atoms with Gasteiger partial charge >= 0.3 is 0 Å². The Morgan fingerprint density at radius 3 is 2.59 bits per heavy atom. The molecule has 0 fully saturated rings. The average molecular weight is 246 g/mol. The Balaban J connectivity index is 1.85. The normalized spacial score (nSPS) is 10.1. The van der Waals surface area contributed by atoms with E-state index < -0.39 is 0 Å². The highest BCUT2D eigenvalue weighted by Crippen LogP contribution is 2.10. The van der Waals surface area contributed by atoms with Gasteiger partial charge in [0.1, 0.15) is 10.7 Å². The summed E-state index contributed by atoms with van der Waals surface area (Å²) in [7, 11) is 0. The standard InChI is InChI=1S/C13H14N2OS/c14-13(17)10-3-5-11(6-4-10)15-8-7-12-2-1-9-16-12/h1-6,9,15H,7-8H2,(H2,14,17). The maximum absolute atomic E-state index is 5.53. The van der Waals surface area contributed by atoms with E-state index in [1.54, 1.807) is 6.26 Å². The van der Waals surface area contributed by atoms with Gasteiger partial charge in [0.05, 0.1) is 6.26 Å². The van der Waals surface area contributed by atoms with Gasteiger partial charge in [0, 0.05) is 24.2 Å². The molecule has 1 aromatic carbocycles. The van der Waals surface area contributed by atoms with Crippen LogP contribution in [-0.2, 0) is 6.42 Å². The van der Waals surface area contributed by atoms with E-state index in [1.807, 2.05) is 36.4 Å². The van der Waals surface area contributed by atoms with Crippen molar-refractivity contribution in [2.75, 3.05) is 11.9 Å². The van der Waals surface area contributed by atoms with Crippen LogP contribution in [0.15, 0.2) is 47.1 Å². The number of hydrogen-bond acceptors (Lipinski definition) is 3. The zero-order valence-corrected chi connectivity index (χ0v) is 10.2. The smallest absolute Gasteiger partial charge is 0.105 e. The van der Waals surface area contributed by atoms with Gasteiger partial charge in [-0.15, -0.1) is 0 Å². The van der Waals surface area contributed by atoms with Crippen LogP contribution in [0.5, 0.6) is 0 Å². The molecule has 17 heavy (non-hydrogen) atoms. The van der Waals surface area contributed by atoms with E-state index in [0.29, 0.717) is 4.99 Å². The molecule has 4 heteroatoms. The third kappa shape index (κ3) is 3.32. The van der Waals surface area contributed by atoms with E-state index in [9.17, 15) is 0 Å². The third-order valence-electron chi connectivity index (χ3n) is 2.45. The lowest BCUT2D eigenvalue weighted by Crippen LogP contribution is -2.09. The van der Waals surface area contributed by atoms with E-state index in [1.165, 1.54) is 0 Å². The molecule has 3 N–H and O–H groups in total. The number of furan rings is 1. The first-order chi connectivity index (χ1) is 8.25. The number of rotatable bonds is 5. The van der Waals surface area contributed by atoms with Gasteiger partial charge in [-0.3, -0.25) is 0 Å². The molecule has 0 bridgehead atoms. The number of benzene rings is 1. The van der Waals surface area contributed by atoms with Crippen molar-refractivity contribution in [3.8, 4) is 0 Å². The first-order valence-corrected chi connectivity index (χ1v) is 5.82. The molecular weight excluding hydrogens is 232 g/mol. The zero-order valence-electron chi connectivity index (χ0n) is 9.35. The Kier molecular flexibility index (Phi) is 3.77. The monoisotopic (exact) mass is 246 g/mol. The van der Waals surface area contributed by atoms with E-state index >= 15 is 0 Å². The summed E-state index contributed by atoms with van der Waals surface area (Å²) in [4.78, 5) is 0.423. The Bertz CT molecular complexity index is 477. The van der Waals surface area contributed by atoms with Gasteiger partial charge in [-0.25, -0.2) is 0 Å². The molecule has 0 atom stereocenters. The molecule has 88 valence electrons. The quantitative estimate of drug-likeness (QED) is 0.796. The fourth-order valence-electron chi connectivity index (χ4n) is 1.54. The predicted molar refractivity (Wildman–Crippen MR) is 73.2 cm³/mol. The van der Waals surface area contributed by atoms with Crippen molar-refractivity contribution in [2.45, 2.75) is 6.42 Å². The van der Waals surface area contributed by atoms with Crippen LogP contribution < -0.4 is 11.1 Å². The molecular formula is C13H14N2OS. The Hall–Kier alpha value is -1.81. The molecule has 0 unspecified atom stereocenters. The van der Waals surface area contributed by atoms with Crippen LogP contribution in [0.3, 0.4) is 0 Å². The predicted octanol–water partition coefficient (Wildman–Crippen LogP) is 2.57. The van der Waals surface area contributed by atoms with Crippen molar-refractivity contribution in [2.24, 2.45) is 5.73 Å². The van der Waals surface area contributed by atoms with Crippen molar-refractivity contribution in [1.29, 1.82) is 0 Å². The summed E-state index contributed by atoms with van der Waals surface area (Å²) >= 11 is 4.89. The van der Waals surface area contributed by atoms with Crippen LogP contribution in [0.2, 0.25) is 0 Å². The third-order valence-corrected chi connectivity index (χ3v) is 2.69. The summed E-state index contributed by atoms with van der Waals surface area (Å²) in [6.45, 7) is 0.833. The maximum atomic E-state index is 5.53. The van der Waals surface area contributed by atoms with Gasteiger partial charge in [0.15, 0.2) is 0 Å². The Morgan fingerprint density at radius 1 is 1.24 bits per heavy atom. The van der Waals surface area contributed by atoms with Gasteiger partial charge in [0.2, 0.25) is 0 Å². The van der Waals surface area contributed by atoms with Crippen LogP contribution in [0, 0.1) is 0 Å². The summed E-state index contributed by atoms with van der Waals surface area (Å²) in [5.74, 6) is 0.984. The lowest BCUT2D eigenvalue weighted by molar-refractivity contribution is 0.513. The second-order valence-electron chi connectivity index (χ2n) is 3.70. The summed E-state index contributed by atoms with van der Waals surface area (Å²) in [5, 5.41) is 3.30. The van der Waals surface area contributed by atoms with E-state index in [-0.39, 0.29) is 0 Å². The molecule has 0 aliphatic carbocycles. The Labute approximate surface area is 106 Å². The van der Waals surface area contributed by atoms with Crippen molar-refractivity contribution in [1.82, 2.24) is 0 Å². The SMILES string of the molecule is NC(=S)c1ccc(NCCc2ccco2)cc1. The second kappa shape index (κ2) is 5.50. The maximum Gasteiger partial charge on any atom is 0.105 e. The minimum absolute atomic E-state index is 0.423. The molecule has 1 aromatic heterocycles. The summed E-state index contributed by atoms with van der Waals surface area (Å²) < 4.78 is 5.25. The molecule has 0 saturated carbocycles. The van der Waals surface area contributed by atoms with E-state index in [4.69, 9.17) is 22.4 Å². The van der Waals surface area contributed by atoms with Crippen LogP contribution in [-0.4, -0.2) is 11.5 Å². The van der Waals surface area contributed by atoms with Gasteiger partial charge in [0.25, 0.3) is 0 Å². The molecule has 0 amide bonds. The molecule has 0 aliphatic heterocycles. The summed E-state index contributed by atoms with van der Waals surface area (Å²) in [5.41, 5.74) is 7.46. The minimum atomic E-state index is 0.423. The first kappa shape index (κ1) is 11.7. The Morgan fingerprint density at radius 2 is 2.00 bits per heavy atom. The van der Waals surface area contributed by atoms with Gasteiger partial charge in [-0.1, -0.05) is 12.2 Å². The largest absolute Gasteiger partial charge is 0.469 e. The number of nitrogens with two attached hydrogens (primary N) is 1. The highest BCUT2D eigenvalue weighted by molar-refractivity contribution is 7.80. The average Bonchev–Trinajstić information content (AvgIpc) is 2.83. The fourth-order valence-corrected chi connectivity index (χ4v) is 1.67. The van der Waals surface area contributed by atoms with Gasteiger partial charge in [-0.2, -0.15) is 0 Å². The number of nitrogens with one attached hydrogen (secondary N) is 1. The molecule has 0 radical (unpaired) electrons. The van der Waals surface area contributed by atoms with Crippen LogP contribution in [0.4, 0.5) is 5.69 Å². The van der Waals surface area contributed by atoms with Crippen LogP contribution in [0.1, 0.15) is 11.3 Å². The second-order valence-corrected chi connectivity index (χ2v) is 4.14. The van der Waals surface area contributed by atoms with Crippen LogP contribution in [0.25, 0.3) is 0 Å². The van der Waals surface area contributed by atoms with E-state index in [2.05, 4.69) is 5.32 Å². The zero-order chi connectivity index (χ0) is 12.1. The fraction of sp³-hybridized carbons (Fsp3) is 0.154. The molecule has 0 aliphatic rings. The summed E-state index contributed by atoms with van der Waals surface area (Å²) in [6.07, 6.45) is 2.55.